The molecule has 1 aromatic carbocycles. The lowest BCUT2D eigenvalue weighted by atomic mass is 10.1. The third-order valence-corrected chi connectivity index (χ3v) is 3.51. The summed E-state index contributed by atoms with van der Waals surface area (Å²) in [4.78, 5) is 0. The molecule has 1 aliphatic rings. The molecule has 0 amide bonds. The molecule has 1 N–H and O–H groups in total. The van der Waals surface area contributed by atoms with E-state index in [-0.39, 0.29) is 26.3 Å². The second-order valence-corrected chi connectivity index (χ2v) is 5.36. The highest BCUT2D eigenvalue weighted by atomic mass is 16.7. The Balaban J connectivity index is 1.95. The number of rotatable bonds is 13. The van der Waals surface area contributed by atoms with Crippen LogP contribution in [0.3, 0.4) is 0 Å². The maximum atomic E-state index is 9.33. The molecule has 0 saturated carbocycles. The molecule has 0 radical (unpaired) electrons. The molecule has 1 atom stereocenters. The van der Waals surface area contributed by atoms with E-state index in [1.54, 1.807) is 20.3 Å². The largest absolute Gasteiger partial charge is 0.483 e. The molecule has 1 aliphatic heterocycles. The highest BCUT2D eigenvalue weighted by Crippen LogP contribution is 2.41. The second kappa shape index (κ2) is 11.1. The van der Waals surface area contributed by atoms with Crippen molar-refractivity contribution in [1.29, 1.82) is 0 Å². The number of ether oxygens (including phenoxy) is 7. The monoisotopic (exact) mass is 358 g/mol. The molecule has 0 aromatic heterocycles. The molecule has 25 heavy (non-hydrogen) atoms. The van der Waals surface area contributed by atoms with Gasteiger partial charge in [-0.15, -0.1) is 0 Å². The molecule has 1 aromatic rings. The van der Waals surface area contributed by atoms with Crippen LogP contribution in [0.25, 0.3) is 0 Å². The van der Waals surface area contributed by atoms with Gasteiger partial charge in [0.25, 0.3) is 0 Å². The fraction of sp³-hybridized carbons (Fsp3) is 0.647. The first-order chi connectivity index (χ1) is 12.3. The van der Waals surface area contributed by atoms with Crippen LogP contribution >= 0.6 is 0 Å². The Bertz CT molecular complexity index is 508. The topological polar surface area (TPSA) is 84.8 Å². The number of hydrogen-bond acceptors (Lipinski definition) is 8. The minimum atomic E-state index is -0.278. The van der Waals surface area contributed by atoms with Crippen molar-refractivity contribution in [3.05, 3.63) is 17.7 Å². The quantitative estimate of drug-likeness (QED) is 0.413. The Morgan fingerprint density at radius 3 is 2.32 bits per heavy atom. The van der Waals surface area contributed by atoms with Gasteiger partial charge in [0.2, 0.25) is 0 Å². The van der Waals surface area contributed by atoms with E-state index in [0.717, 1.165) is 5.56 Å². The molecular formula is C17H26O8. The van der Waals surface area contributed by atoms with E-state index in [0.29, 0.717) is 50.1 Å². The summed E-state index contributed by atoms with van der Waals surface area (Å²) >= 11 is 0. The van der Waals surface area contributed by atoms with Crippen LogP contribution in [0, 0.1) is 0 Å². The Kier molecular flexibility index (Phi) is 8.78. The fourth-order valence-corrected chi connectivity index (χ4v) is 2.28. The van der Waals surface area contributed by atoms with E-state index >= 15 is 0 Å². The molecule has 2 rings (SSSR count). The van der Waals surface area contributed by atoms with Crippen molar-refractivity contribution in [2.45, 2.75) is 12.5 Å². The number of benzene rings is 1. The van der Waals surface area contributed by atoms with E-state index in [9.17, 15) is 5.11 Å². The van der Waals surface area contributed by atoms with Gasteiger partial charge in [-0.25, -0.2) is 0 Å². The molecule has 142 valence electrons. The Morgan fingerprint density at radius 1 is 1.00 bits per heavy atom. The van der Waals surface area contributed by atoms with Crippen LogP contribution in [0.5, 0.6) is 17.2 Å². The summed E-state index contributed by atoms with van der Waals surface area (Å²) in [5.74, 6) is 1.73. The van der Waals surface area contributed by atoms with Crippen molar-refractivity contribution in [2.24, 2.45) is 0 Å². The van der Waals surface area contributed by atoms with Gasteiger partial charge in [-0.05, 0) is 6.07 Å². The summed E-state index contributed by atoms with van der Waals surface area (Å²) < 4.78 is 37.4. The summed E-state index contributed by atoms with van der Waals surface area (Å²) in [5.41, 5.74) is 0.917. The molecule has 0 aliphatic carbocycles. The van der Waals surface area contributed by atoms with Gasteiger partial charge in [-0.3, -0.25) is 0 Å². The van der Waals surface area contributed by atoms with Crippen LogP contribution in [0.1, 0.15) is 5.56 Å². The van der Waals surface area contributed by atoms with Crippen molar-refractivity contribution in [3.63, 3.8) is 0 Å². The van der Waals surface area contributed by atoms with Gasteiger partial charge in [0.05, 0.1) is 33.0 Å². The van der Waals surface area contributed by atoms with Gasteiger partial charge in [0.15, 0.2) is 25.1 Å². The first-order valence-corrected chi connectivity index (χ1v) is 8.11. The fourth-order valence-electron chi connectivity index (χ4n) is 2.28. The first-order valence-electron chi connectivity index (χ1n) is 8.11. The molecule has 1 heterocycles. The number of aliphatic hydroxyl groups excluding tert-OH is 1. The van der Waals surface area contributed by atoms with Gasteiger partial charge in [0, 0.05) is 32.3 Å². The van der Waals surface area contributed by atoms with Crippen molar-refractivity contribution in [1.82, 2.24) is 0 Å². The van der Waals surface area contributed by atoms with E-state index < -0.39 is 0 Å². The third-order valence-electron chi connectivity index (χ3n) is 3.51. The number of fused-ring (bicyclic) bond motifs is 1. The predicted octanol–water partition coefficient (Wildman–Crippen LogP) is 0.981. The second-order valence-electron chi connectivity index (χ2n) is 5.36. The van der Waals surface area contributed by atoms with Gasteiger partial charge >= 0.3 is 0 Å². The van der Waals surface area contributed by atoms with Gasteiger partial charge in [0.1, 0.15) is 11.9 Å². The first kappa shape index (κ1) is 19.7. The SMILES string of the molecule is COCCOCOc1cc2c(c(OCOCCOC)c1)O[C@@H](CO)C2. The number of hydrogen-bond donors (Lipinski definition) is 1. The van der Waals surface area contributed by atoms with Crippen LogP contribution in [0.4, 0.5) is 0 Å². The molecule has 8 nitrogen and oxygen atoms in total. The molecule has 8 heteroatoms. The molecule has 0 saturated heterocycles. The lowest BCUT2D eigenvalue weighted by molar-refractivity contribution is -0.0126. The van der Waals surface area contributed by atoms with Crippen LogP contribution in [0.2, 0.25) is 0 Å². The number of methoxy groups -OCH3 is 2. The minimum Gasteiger partial charge on any atom is -0.483 e. The molecule has 0 bridgehead atoms. The average molecular weight is 358 g/mol. The van der Waals surface area contributed by atoms with Crippen LogP contribution < -0.4 is 14.2 Å². The third kappa shape index (κ3) is 6.33. The van der Waals surface area contributed by atoms with Crippen molar-refractivity contribution >= 4 is 0 Å². The van der Waals surface area contributed by atoms with Crippen molar-refractivity contribution in [3.8, 4) is 17.2 Å². The van der Waals surface area contributed by atoms with Gasteiger partial charge in [-0.1, -0.05) is 0 Å². The maximum Gasteiger partial charge on any atom is 0.189 e. The Labute approximate surface area is 147 Å². The van der Waals surface area contributed by atoms with Gasteiger partial charge < -0.3 is 38.3 Å². The van der Waals surface area contributed by atoms with Gasteiger partial charge in [-0.2, -0.15) is 0 Å². The predicted molar refractivity (Wildman–Crippen MR) is 88.3 cm³/mol. The highest BCUT2D eigenvalue weighted by Gasteiger charge is 2.27. The summed E-state index contributed by atoms with van der Waals surface area (Å²) in [6, 6.07) is 3.58. The minimum absolute atomic E-state index is 0.0607. The van der Waals surface area contributed by atoms with E-state index in [2.05, 4.69) is 0 Å². The maximum absolute atomic E-state index is 9.33. The Morgan fingerprint density at radius 2 is 1.68 bits per heavy atom. The lowest BCUT2D eigenvalue weighted by Gasteiger charge is -2.14. The standard InChI is InChI=1S/C17H26O8/c1-19-3-5-21-11-23-14-7-13-8-15(10-18)25-17(13)16(9-14)24-12-22-6-4-20-2/h7,9,15,18H,3-6,8,10-12H2,1-2H3/t15-/m1/s1. The lowest BCUT2D eigenvalue weighted by Crippen LogP contribution is -2.17. The summed E-state index contributed by atoms with van der Waals surface area (Å²) in [6.45, 7) is 2.00. The van der Waals surface area contributed by atoms with E-state index in [4.69, 9.17) is 33.2 Å². The van der Waals surface area contributed by atoms with E-state index in [1.807, 2.05) is 6.07 Å². The van der Waals surface area contributed by atoms with Crippen LogP contribution in [-0.4, -0.2) is 72.1 Å². The summed E-state index contributed by atoms with van der Waals surface area (Å²) in [6.07, 6.45) is 0.314. The molecule has 0 unspecified atom stereocenters. The zero-order chi connectivity index (χ0) is 17.9. The zero-order valence-electron chi connectivity index (χ0n) is 14.7. The average Bonchev–Trinajstić information content (AvgIpc) is 3.04. The number of aliphatic hydroxyl groups is 1. The van der Waals surface area contributed by atoms with Crippen molar-refractivity contribution < 1.29 is 38.3 Å². The molecule has 0 fully saturated rings. The van der Waals surface area contributed by atoms with E-state index in [1.165, 1.54) is 0 Å². The van der Waals surface area contributed by atoms with Crippen LogP contribution in [-0.2, 0) is 25.4 Å². The molecular weight excluding hydrogens is 332 g/mol. The van der Waals surface area contributed by atoms with Crippen molar-refractivity contribution in [2.75, 3.05) is 60.8 Å². The normalized spacial score (nSPS) is 15.7. The summed E-state index contributed by atoms with van der Waals surface area (Å²) in [5, 5.41) is 9.33. The smallest absolute Gasteiger partial charge is 0.189 e. The van der Waals surface area contributed by atoms with Crippen LogP contribution in [0.15, 0.2) is 12.1 Å². The zero-order valence-corrected chi connectivity index (χ0v) is 14.7. The highest BCUT2D eigenvalue weighted by molar-refractivity contribution is 5.54. The summed E-state index contributed by atoms with van der Waals surface area (Å²) in [7, 11) is 3.22. The Hall–Kier alpha value is -1.58. The molecule has 0 spiro atoms.